The quantitative estimate of drug-likeness (QED) is 0.754. The zero-order valence-electron chi connectivity index (χ0n) is 13.3. The predicted molar refractivity (Wildman–Crippen MR) is 88.9 cm³/mol. The Morgan fingerprint density at radius 3 is 2.23 bits per heavy atom. The molecule has 0 heterocycles. The maximum Gasteiger partial charge on any atom is 0.133 e. The normalized spacial score (nSPS) is 10.5. The first kappa shape index (κ1) is 16.0. The predicted octanol–water partition coefficient (Wildman–Crippen LogP) is 5.11. The van der Waals surface area contributed by atoms with Gasteiger partial charge < -0.3 is 14.9 Å². The maximum atomic E-state index is 9.58. The first-order valence-corrected chi connectivity index (χ1v) is 7.31. The number of aliphatic hydroxyl groups is 1. The molecule has 0 saturated heterocycles. The Morgan fingerprint density at radius 2 is 1.68 bits per heavy atom. The highest BCUT2D eigenvalue weighted by atomic mass is 16.5. The van der Waals surface area contributed by atoms with Crippen LogP contribution >= 0.6 is 0 Å². The second kappa shape index (κ2) is 6.56. The van der Waals surface area contributed by atoms with Crippen LogP contribution < -0.4 is 4.74 Å². The van der Waals surface area contributed by atoms with Crippen LogP contribution in [0.4, 0.5) is 0 Å². The number of phenols is 1. The number of ether oxygens (including phenoxy) is 1. The minimum atomic E-state index is 0.204. The van der Waals surface area contributed by atoms with Crippen molar-refractivity contribution < 1.29 is 14.9 Å². The molecule has 0 aliphatic rings. The minimum absolute atomic E-state index is 0.204. The number of phenolic OH excluding ortho intramolecular Hbond substituents is 1. The van der Waals surface area contributed by atoms with Gasteiger partial charge >= 0.3 is 0 Å². The van der Waals surface area contributed by atoms with E-state index in [1.54, 1.807) is 12.1 Å². The van der Waals surface area contributed by atoms with Crippen molar-refractivity contribution in [3.8, 4) is 17.2 Å². The van der Waals surface area contributed by atoms with Crippen LogP contribution in [0, 0.1) is 20.8 Å². The summed E-state index contributed by atoms with van der Waals surface area (Å²) in [5, 5.41) is 18.8. The summed E-state index contributed by atoms with van der Waals surface area (Å²) in [5.41, 5.74) is 4.03. The Morgan fingerprint density at radius 1 is 1.05 bits per heavy atom. The third kappa shape index (κ3) is 3.82. The van der Waals surface area contributed by atoms with Crippen molar-refractivity contribution in [2.75, 3.05) is 0 Å². The van der Waals surface area contributed by atoms with Crippen molar-refractivity contribution >= 4 is 0 Å². The van der Waals surface area contributed by atoms with E-state index in [4.69, 9.17) is 4.74 Å². The average Bonchev–Trinajstić information content (AvgIpc) is 2.44. The largest absolute Gasteiger partial charge is 0.513 e. The summed E-state index contributed by atoms with van der Waals surface area (Å²) in [4.78, 5) is 0. The summed E-state index contributed by atoms with van der Waals surface area (Å²) in [6, 6.07) is 9.34. The van der Waals surface area contributed by atoms with Gasteiger partial charge in [-0.05, 0) is 67.6 Å². The fraction of sp³-hybridized carbons (Fsp3) is 0.263. The zero-order valence-corrected chi connectivity index (χ0v) is 13.3. The lowest BCUT2D eigenvalue weighted by Crippen LogP contribution is -1.95. The van der Waals surface area contributed by atoms with Gasteiger partial charge in [-0.25, -0.2) is 0 Å². The van der Waals surface area contributed by atoms with E-state index in [2.05, 4.69) is 18.7 Å². The molecule has 3 heteroatoms. The highest BCUT2D eigenvalue weighted by molar-refractivity contribution is 5.47. The molecule has 2 rings (SSSR count). The molecule has 2 aromatic carbocycles. The van der Waals surface area contributed by atoms with Gasteiger partial charge in [0.05, 0.1) is 5.76 Å². The fourth-order valence-corrected chi connectivity index (χ4v) is 2.44. The SMILES string of the molecule is C=C(O)CCc1cc(C)c(Oc2ccc(O)c(C)c2)c(C)c1. The van der Waals surface area contributed by atoms with E-state index in [0.717, 1.165) is 34.4 Å². The second-order valence-electron chi connectivity index (χ2n) is 5.68. The third-order valence-electron chi connectivity index (χ3n) is 3.61. The van der Waals surface area contributed by atoms with Gasteiger partial charge in [-0.2, -0.15) is 0 Å². The molecule has 0 radical (unpaired) electrons. The Labute approximate surface area is 131 Å². The average molecular weight is 298 g/mol. The van der Waals surface area contributed by atoms with Crippen LogP contribution in [0.15, 0.2) is 42.7 Å². The third-order valence-corrected chi connectivity index (χ3v) is 3.61. The summed E-state index contributed by atoms with van der Waals surface area (Å²) in [5.74, 6) is 2.00. The molecule has 116 valence electrons. The molecule has 0 fully saturated rings. The van der Waals surface area contributed by atoms with Gasteiger partial charge in [-0.3, -0.25) is 0 Å². The lowest BCUT2D eigenvalue weighted by Gasteiger charge is -2.14. The van der Waals surface area contributed by atoms with E-state index < -0.39 is 0 Å². The fourth-order valence-electron chi connectivity index (χ4n) is 2.44. The Kier molecular flexibility index (Phi) is 4.76. The number of aryl methyl sites for hydroxylation is 4. The lowest BCUT2D eigenvalue weighted by atomic mass is 10.0. The highest BCUT2D eigenvalue weighted by Gasteiger charge is 2.09. The van der Waals surface area contributed by atoms with Crippen LogP contribution in [0.25, 0.3) is 0 Å². The van der Waals surface area contributed by atoms with Gasteiger partial charge in [0.15, 0.2) is 0 Å². The number of hydrogen-bond donors (Lipinski definition) is 2. The van der Waals surface area contributed by atoms with E-state index in [1.165, 1.54) is 0 Å². The molecular weight excluding hydrogens is 276 g/mol. The number of benzene rings is 2. The standard InChI is InChI=1S/C19H22O3/c1-12-11-17(7-8-18(12)21)22-19-13(2)9-16(10-14(19)3)6-5-15(4)20/h7-11,20-21H,4-6H2,1-3H3. The van der Waals surface area contributed by atoms with Gasteiger partial charge in [0.2, 0.25) is 0 Å². The van der Waals surface area contributed by atoms with Gasteiger partial charge in [-0.15, -0.1) is 0 Å². The smallest absolute Gasteiger partial charge is 0.133 e. The van der Waals surface area contributed by atoms with Crippen molar-refractivity contribution in [3.63, 3.8) is 0 Å². The number of rotatable bonds is 5. The summed E-state index contributed by atoms with van der Waals surface area (Å²) in [6.07, 6.45) is 1.33. The van der Waals surface area contributed by atoms with Gasteiger partial charge in [0.25, 0.3) is 0 Å². The molecule has 0 saturated carbocycles. The van der Waals surface area contributed by atoms with E-state index in [0.29, 0.717) is 12.2 Å². The van der Waals surface area contributed by atoms with E-state index in [-0.39, 0.29) is 11.5 Å². The van der Waals surface area contributed by atoms with Crippen molar-refractivity contribution in [2.45, 2.75) is 33.6 Å². The van der Waals surface area contributed by atoms with Crippen LogP contribution in [0.2, 0.25) is 0 Å². The van der Waals surface area contributed by atoms with E-state index >= 15 is 0 Å². The topological polar surface area (TPSA) is 49.7 Å². The van der Waals surface area contributed by atoms with Crippen molar-refractivity contribution in [2.24, 2.45) is 0 Å². The molecule has 0 bridgehead atoms. The minimum Gasteiger partial charge on any atom is -0.513 e. The van der Waals surface area contributed by atoms with Crippen LogP contribution in [-0.2, 0) is 6.42 Å². The van der Waals surface area contributed by atoms with Crippen molar-refractivity contribution in [1.82, 2.24) is 0 Å². The summed E-state index contributed by atoms with van der Waals surface area (Å²) < 4.78 is 5.98. The van der Waals surface area contributed by atoms with Crippen molar-refractivity contribution in [1.29, 1.82) is 0 Å². The van der Waals surface area contributed by atoms with Gasteiger partial charge in [0.1, 0.15) is 17.2 Å². The molecule has 0 spiro atoms. The van der Waals surface area contributed by atoms with Crippen LogP contribution in [0.3, 0.4) is 0 Å². The van der Waals surface area contributed by atoms with Gasteiger partial charge in [0, 0.05) is 6.42 Å². The van der Waals surface area contributed by atoms with E-state index in [1.807, 2.05) is 26.8 Å². The van der Waals surface area contributed by atoms with Crippen LogP contribution in [-0.4, -0.2) is 10.2 Å². The monoisotopic (exact) mass is 298 g/mol. The molecular formula is C19H22O3. The first-order chi connectivity index (χ1) is 10.4. The number of allylic oxidation sites excluding steroid dienone is 1. The first-order valence-electron chi connectivity index (χ1n) is 7.31. The Hall–Kier alpha value is -2.42. The molecule has 0 aliphatic heterocycles. The van der Waals surface area contributed by atoms with E-state index in [9.17, 15) is 10.2 Å². The molecule has 0 atom stereocenters. The molecule has 3 nitrogen and oxygen atoms in total. The molecule has 2 aromatic rings. The summed E-state index contributed by atoms with van der Waals surface area (Å²) in [6.45, 7) is 9.37. The van der Waals surface area contributed by atoms with Crippen LogP contribution in [0.1, 0.15) is 28.7 Å². The van der Waals surface area contributed by atoms with Crippen LogP contribution in [0.5, 0.6) is 17.2 Å². The second-order valence-corrected chi connectivity index (χ2v) is 5.68. The maximum absolute atomic E-state index is 9.58. The Balaban J connectivity index is 2.24. The number of hydrogen-bond acceptors (Lipinski definition) is 3. The van der Waals surface area contributed by atoms with Crippen molar-refractivity contribution in [3.05, 3.63) is 64.9 Å². The molecule has 22 heavy (non-hydrogen) atoms. The molecule has 2 N–H and O–H groups in total. The summed E-state index contributed by atoms with van der Waals surface area (Å²) >= 11 is 0. The molecule has 0 amide bonds. The summed E-state index contributed by atoms with van der Waals surface area (Å²) in [7, 11) is 0. The highest BCUT2D eigenvalue weighted by Crippen LogP contribution is 2.32. The Bertz CT molecular complexity index is 679. The van der Waals surface area contributed by atoms with Gasteiger partial charge in [-0.1, -0.05) is 18.7 Å². The lowest BCUT2D eigenvalue weighted by molar-refractivity contribution is 0.391. The number of aliphatic hydroxyl groups excluding tert-OH is 1. The number of aromatic hydroxyl groups is 1. The zero-order chi connectivity index (χ0) is 16.3. The molecule has 0 unspecified atom stereocenters. The molecule has 0 aliphatic carbocycles. The molecule has 0 aromatic heterocycles.